The first kappa shape index (κ1) is 16.1. The van der Waals surface area contributed by atoms with Gasteiger partial charge in [-0.05, 0) is 50.4 Å². The zero-order valence-corrected chi connectivity index (χ0v) is 14.6. The van der Waals surface area contributed by atoms with Gasteiger partial charge in [-0.15, -0.1) is 0 Å². The lowest BCUT2D eigenvalue weighted by molar-refractivity contribution is 0.301. The molecule has 0 bridgehead atoms. The van der Waals surface area contributed by atoms with Gasteiger partial charge in [0.25, 0.3) is 0 Å². The van der Waals surface area contributed by atoms with Crippen molar-refractivity contribution in [1.82, 2.24) is 0 Å². The van der Waals surface area contributed by atoms with E-state index < -0.39 is 5.82 Å². The number of nitrogens with one attached hydrogen (secondary N) is 1. The van der Waals surface area contributed by atoms with Crippen LogP contribution in [0.1, 0.15) is 13.3 Å². The van der Waals surface area contributed by atoms with E-state index in [0.717, 1.165) is 21.1 Å². The van der Waals surface area contributed by atoms with Crippen LogP contribution in [-0.4, -0.2) is 6.61 Å². The number of benzene rings is 2. The third-order valence-electron chi connectivity index (χ3n) is 2.79. The van der Waals surface area contributed by atoms with Crippen molar-refractivity contribution >= 4 is 48.9 Å². The van der Waals surface area contributed by atoms with Crippen molar-refractivity contribution in [1.29, 1.82) is 0 Å². The normalized spacial score (nSPS) is 10.5. The monoisotopic (exact) mass is 416 g/mol. The van der Waals surface area contributed by atoms with Gasteiger partial charge in [0.1, 0.15) is 0 Å². The highest BCUT2D eigenvalue weighted by atomic mass is 79.9. The average molecular weight is 418 g/mol. The lowest BCUT2D eigenvalue weighted by Crippen LogP contribution is -2.02. The summed E-state index contributed by atoms with van der Waals surface area (Å²) in [5.41, 5.74) is 7.61. The predicted molar refractivity (Wildman–Crippen MR) is 91.7 cm³/mol. The standard InChI is InChI=1S/C15H15Br2FN2O/c1-2-6-21-14-8-13(12(19)7-11(14)18)20-15-9(16)4-3-5-10(15)17/h3-5,7-8,20H,2,6,19H2,1H3. The number of halogens is 3. The fourth-order valence-electron chi connectivity index (χ4n) is 1.75. The molecule has 0 amide bonds. The predicted octanol–water partition coefficient (Wildman–Crippen LogP) is 5.47. The van der Waals surface area contributed by atoms with E-state index in [-0.39, 0.29) is 5.75 Å². The van der Waals surface area contributed by atoms with E-state index in [1.165, 1.54) is 6.07 Å². The maximum atomic E-state index is 13.8. The van der Waals surface area contributed by atoms with Crippen molar-refractivity contribution in [2.24, 2.45) is 0 Å². The van der Waals surface area contributed by atoms with Gasteiger partial charge in [-0.1, -0.05) is 13.0 Å². The Morgan fingerprint density at radius 3 is 2.52 bits per heavy atom. The molecule has 0 radical (unpaired) electrons. The molecule has 2 rings (SSSR count). The highest BCUT2D eigenvalue weighted by molar-refractivity contribution is 9.11. The van der Waals surface area contributed by atoms with Gasteiger partial charge < -0.3 is 15.8 Å². The van der Waals surface area contributed by atoms with Crippen LogP contribution in [0.5, 0.6) is 5.75 Å². The second-order valence-corrected chi connectivity index (χ2v) is 6.15. The number of rotatable bonds is 5. The summed E-state index contributed by atoms with van der Waals surface area (Å²) >= 11 is 6.93. The Morgan fingerprint density at radius 2 is 1.90 bits per heavy atom. The van der Waals surface area contributed by atoms with E-state index in [1.54, 1.807) is 6.07 Å². The molecule has 0 aromatic heterocycles. The molecule has 112 valence electrons. The van der Waals surface area contributed by atoms with Crippen LogP contribution in [0, 0.1) is 5.82 Å². The van der Waals surface area contributed by atoms with Gasteiger partial charge in [0.2, 0.25) is 0 Å². The molecular formula is C15H15Br2FN2O. The molecule has 0 aliphatic rings. The zero-order valence-electron chi connectivity index (χ0n) is 11.4. The molecule has 21 heavy (non-hydrogen) atoms. The lowest BCUT2D eigenvalue weighted by Gasteiger charge is -2.15. The number of anilines is 3. The molecule has 2 aromatic carbocycles. The summed E-state index contributed by atoms with van der Waals surface area (Å²) in [5, 5.41) is 3.19. The van der Waals surface area contributed by atoms with E-state index >= 15 is 0 Å². The van der Waals surface area contributed by atoms with Crippen LogP contribution < -0.4 is 15.8 Å². The molecule has 0 saturated heterocycles. The maximum Gasteiger partial charge on any atom is 0.167 e. The lowest BCUT2D eigenvalue weighted by atomic mass is 10.2. The first-order chi connectivity index (χ1) is 10.0. The van der Waals surface area contributed by atoms with Gasteiger partial charge >= 0.3 is 0 Å². The smallest absolute Gasteiger partial charge is 0.167 e. The number of ether oxygens (including phenoxy) is 1. The summed E-state index contributed by atoms with van der Waals surface area (Å²) in [5.74, 6) is -0.269. The minimum absolute atomic E-state index is 0.191. The van der Waals surface area contributed by atoms with Gasteiger partial charge in [0.15, 0.2) is 11.6 Å². The van der Waals surface area contributed by atoms with Gasteiger partial charge in [-0.3, -0.25) is 0 Å². The van der Waals surface area contributed by atoms with E-state index in [1.807, 2.05) is 25.1 Å². The summed E-state index contributed by atoms with van der Waals surface area (Å²) in [7, 11) is 0. The van der Waals surface area contributed by atoms with Gasteiger partial charge in [-0.25, -0.2) is 4.39 Å². The van der Waals surface area contributed by atoms with Crippen molar-refractivity contribution in [2.45, 2.75) is 13.3 Å². The zero-order chi connectivity index (χ0) is 15.4. The molecule has 0 spiro atoms. The molecule has 6 heteroatoms. The van der Waals surface area contributed by atoms with Crippen molar-refractivity contribution in [3.8, 4) is 5.75 Å². The number of hydrogen-bond donors (Lipinski definition) is 2. The van der Waals surface area contributed by atoms with Gasteiger partial charge in [0, 0.05) is 21.1 Å². The third-order valence-corrected chi connectivity index (χ3v) is 4.11. The van der Waals surface area contributed by atoms with E-state index in [4.69, 9.17) is 10.5 Å². The number of nitrogens with two attached hydrogens (primary N) is 1. The Morgan fingerprint density at radius 1 is 1.24 bits per heavy atom. The second-order valence-electron chi connectivity index (χ2n) is 4.44. The first-order valence-corrected chi connectivity index (χ1v) is 8.04. The first-order valence-electron chi connectivity index (χ1n) is 6.45. The maximum absolute atomic E-state index is 13.8. The number of para-hydroxylation sites is 1. The van der Waals surface area contributed by atoms with Crippen molar-refractivity contribution < 1.29 is 9.13 Å². The Kier molecular flexibility index (Phi) is 5.47. The number of hydrogen-bond acceptors (Lipinski definition) is 3. The molecule has 3 N–H and O–H groups in total. The number of nitrogen functional groups attached to an aromatic ring is 1. The van der Waals surface area contributed by atoms with Crippen LogP contribution in [0.15, 0.2) is 39.3 Å². The van der Waals surface area contributed by atoms with Crippen LogP contribution in [0.4, 0.5) is 21.5 Å². The molecule has 0 atom stereocenters. The molecule has 0 aliphatic heterocycles. The van der Waals surface area contributed by atoms with Gasteiger partial charge in [-0.2, -0.15) is 0 Å². The molecule has 0 unspecified atom stereocenters. The largest absolute Gasteiger partial charge is 0.490 e. The van der Waals surface area contributed by atoms with Crippen molar-refractivity contribution in [2.75, 3.05) is 17.7 Å². The molecule has 3 nitrogen and oxygen atoms in total. The van der Waals surface area contributed by atoms with Crippen molar-refractivity contribution in [3.63, 3.8) is 0 Å². The highest BCUT2D eigenvalue weighted by Gasteiger charge is 2.12. The minimum Gasteiger partial charge on any atom is -0.490 e. The SMILES string of the molecule is CCCOc1cc(Nc2c(Br)cccc2Br)c(N)cc1F. The fraction of sp³-hybridized carbons (Fsp3) is 0.200. The van der Waals surface area contributed by atoms with E-state index in [0.29, 0.717) is 18.0 Å². The Bertz CT molecular complexity index is 630. The average Bonchev–Trinajstić information content (AvgIpc) is 2.44. The summed E-state index contributed by atoms with van der Waals surface area (Å²) < 4.78 is 20.9. The Balaban J connectivity index is 2.35. The molecule has 0 saturated carbocycles. The van der Waals surface area contributed by atoms with Crippen LogP contribution in [-0.2, 0) is 0 Å². The summed E-state index contributed by atoms with van der Waals surface area (Å²) in [6.07, 6.45) is 0.808. The minimum atomic E-state index is -0.460. The van der Waals surface area contributed by atoms with Crippen LogP contribution >= 0.6 is 31.9 Å². The Labute approximate surface area is 139 Å². The van der Waals surface area contributed by atoms with Crippen molar-refractivity contribution in [3.05, 3.63) is 45.1 Å². The molecular weight excluding hydrogens is 403 g/mol. The van der Waals surface area contributed by atoms with Gasteiger partial charge in [0.05, 0.1) is 23.7 Å². The second kappa shape index (κ2) is 7.13. The topological polar surface area (TPSA) is 47.3 Å². The summed E-state index contributed by atoms with van der Waals surface area (Å²) in [6, 6.07) is 8.55. The van der Waals surface area contributed by atoms with Crippen LogP contribution in [0.2, 0.25) is 0 Å². The third kappa shape index (κ3) is 3.89. The fourth-order valence-corrected chi connectivity index (χ4v) is 2.95. The summed E-state index contributed by atoms with van der Waals surface area (Å²) in [6.45, 7) is 2.42. The van der Waals surface area contributed by atoms with Crippen LogP contribution in [0.25, 0.3) is 0 Å². The molecule has 0 heterocycles. The Hall–Kier alpha value is -1.27. The van der Waals surface area contributed by atoms with E-state index in [9.17, 15) is 4.39 Å². The van der Waals surface area contributed by atoms with E-state index in [2.05, 4.69) is 37.2 Å². The molecule has 2 aromatic rings. The quantitative estimate of drug-likeness (QED) is 0.634. The molecule has 0 fully saturated rings. The molecule has 0 aliphatic carbocycles. The van der Waals surface area contributed by atoms with Crippen LogP contribution in [0.3, 0.4) is 0 Å². The highest BCUT2D eigenvalue weighted by Crippen LogP contribution is 2.36. The summed E-state index contributed by atoms with van der Waals surface area (Å²) in [4.78, 5) is 0.